The summed E-state index contributed by atoms with van der Waals surface area (Å²) in [5, 5.41) is 20.1. The largest absolute Gasteiger partial charge is 0.394 e. The Hall–Kier alpha value is -3.05. The number of nitrogens with zero attached hydrogens (tertiary/aromatic N) is 4. The van der Waals surface area contributed by atoms with Gasteiger partial charge >= 0.3 is 0 Å². The van der Waals surface area contributed by atoms with Crippen molar-refractivity contribution in [1.29, 1.82) is 0 Å². The number of amides is 3. The number of hydrazone groups is 1. The van der Waals surface area contributed by atoms with Gasteiger partial charge in [-0.2, -0.15) is 10.1 Å². The number of amidine groups is 2. The van der Waals surface area contributed by atoms with Gasteiger partial charge in [-0.1, -0.05) is 11.8 Å². The minimum atomic E-state index is -0.633. The molecule has 28 heavy (non-hydrogen) atoms. The highest BCUT2D eigenvalue weighted by molar-refractivity contribution is 8.14. The van der Waals surface area contributed by atoms with Gasteiger partial charge in [0.2, 0.25) is 11.8 Å². The third-order valence-corrected chi connectivity index (χ3v) is 4.56. The summed E-state index contributed by atoms with van der Waals surface area (Å²) >= 11 is 1.04. The van der Waals surface area contributed by atoms with Crippen LogP contribution in [-0.2, 0) is 14.4 Å². The molecule has 3 rings (SSSR count). The van der Waals surface area contributed by atoms with Crippen LogP contribution in [-0.4, -0.2) is 64.0 Å². The Morgan fingerprint density at radius 1 is 1.18 bits per heavy atom. The maximum Gasteiger partial charge on any atom is 0.264 e. The third kappa shape index (κ3) is 4.81. The molecular weight excluding hydrogens is 384 g/mol. The first-order valence-corrected chi connectivity index (χ1v) is 9.39. The van der Waals surface area contributed by atoms with Crippen LogP contribution in [0, 0.1) is 5.92 Å². The first kappa shape index (κ1) is 19.7. The molecule has 2 heterocycles. The molecule has 1 aromatic carbocycles. The molecule has 1 unspecified atom stereocenters. The second-order valence-electron chi connectivity index (χ2n) is 5.89. The van der Waals surface area contributed by atoms with Gasteiger partial charge in [-0.05, 0) is 24.3 Å². The molecule has 0 spiro atoms. The number of aliphatic hydroxyl groups is 1. The number of aliphatic imine (C=N–C) groups is 2. The number of rotatable bonds is 6. The lowest BCUT2D eigenvalue weighted by Gasteiger charge is -2.19. The van der Waals surface area contributed by atoms with Crippen LogP contribution >= 0.6 is 11.8 Å². The van der Waals surface area contributed by atoms with Crippen molar-refractivity contribution in [3.05, 3.63) is 24.3 Å². The van der Waals surface area contributed by atoms with Gasteiger partial charge in [-0.25, -0.2) is 10.0 Å². The highest BCUT2D eigenvalue weighted by Crippen LogP contribution is 2.21. The van der Waals surface area contributed by atoms with Gasteiger partial charge in [0, 0.05) is 24.5 Å². The van der Waals surface area contributed by atoms with Crippen LogP contribution in [0.15, 0.2) is 39.4 Å². The van der Waals surface area contributed by atoms with Gasteiger partial charge < -0.3 is 15.7 Å². The second-order valence-corrected chi connectivity index (χ2v) is 6.83. The zero-order chi connectivity index (χ0) is 20.1. The summed E-state index contributed by atoms with van der Waals surface area (Å²) in [6.07, 6.45) is 1.44. The fraction of sp³-hybridized carbons (Fsp3) is 0.294. The van der Waals surface area contributed by atoms with Gasteiger partial charge in [0.1, 0.15) is 11.8 Å². The molecule has 1 atom stereocenters. The average molecular weight is 402 g/mol. The Kier molecular flexibility index (Phi) is 6.16. The standard InChI is InChI=1S/C17H18N6O4S/c1-10(25)19-11-2-4-12(5-3-11)20-14(26)9-28-17-21-15-13(16(27)22-17)8-18-23(15)6-7-24/h2-5,8,13,24H,6-7,9H2,1H3,(H,19,25)(H,20,26). The quantitative estimate of drug-likeness (QED) is 0.635. The van der Waals surface area contributed by atoms with Crippen LogP contribution in [0.3, 0.4) is 0 Å². The number of carbonyl (C=O) groups is 3. The zero-order valence-electron chi connectivity index (χ0n) is 15.0. The molecule has 0 aromatic heterocycles. The van der Waals surface area contributed by atoms with Gasteiger partial charge in [-0.3, -0.25) is 14.4 Å². The van der Waals surface area contributed by atoms with Crippen molar-refractivity contribution in [2.75, 3.05) is 29.5 Å². The molecule has 0 radical (unpaired) electrons. The molecule has 3 amide bonds. The number of aliphatic hydroxyl groups excluding tert-OH is 1. The number of nitrogens with one attached hydrogen (secondary N) is 2. The molecule has 10 nitrogen and oxygen atoms in total. The second kappa shape index (κ2) is 8.76. The molecule has 146 valence electrons. The minimum Gasteiger partial charge on any atom is -0.394 e. The Morgan fingerprint density at radius 3 is 2.50 bits per heavy atom. The van der Waals surface area contributed by atoms with E-state index in [2.05, 4.69) is 25.7 Å². The molecule has 3 N–H and O–H groups in total. The Bertz CT molecular complexity index is 880. The molecule has 0 aliphatic carbocycles. The van der Waals surface area contributed by atoms with E-state index in [9.17, 15) is 14.4 Å². The summed E-state index contributed by atoms with van der Waals surface area (Å²) in [5.74, 6) is -1.07. The summed E-state index contributed by atoms with van der Waals surface area (Å²) in [6.45, 7) is 1.52. The first-order valence-electron chi connectivity index (χ1n) is 8.40. The topological polar surface area (TPSA) is 136 Å². The zero-order valence-corrected chi connectivity index (χ0v) is 15.8. The molecule has 0 saturated heterocycles. The normalized spacial score (nSPS) is 17.7. The minimum absolute atomic E-state index is 0.0157. The monoisotopic (exact) mass is 402 g/mol. The van der Waals surface area contributed by atoms with E-state index in [1.165, 1.54) is 18.1 Å². The van der Waals surface area contributed by atoms with Crippen molar-refractivity contribution in [2.45, 2.75) is 6.92 Å². The SMILES string of the molecule is CC(=O)Nc1ccc(NC(=O)CSC2=NC(=O)C3C=NN(CCO)C3=N2)cc1. The lowest BCUT2D eigenvalue weighted by atomic mass is 10.1. The molecule has 0 bridgehead atoms. The van der Waals surface area contributed by atoms with E-state index < -0.39 is 11.8 Å². The third-order valence-electron chi connectivity index (χ3n) is 3.71. The number of fused-ring (bicyclic) bond motifs is 1. The van der Waals surface area contributed by atoms with E-state index in [4.69, 9.17) is 5.11 Å². The van der Waals surface area contributed by atoms with E-state index in [-0.39, 0.29) is 35.9 Å². The van der Waals surface area contributed by atoms with Crippen molar-refractivity contribution >= 4 is 58.1 Å². The van der Waals surface area contributed by atoms with Crippen LogP contribution in [0.4, 0.5) is 11.4 Å². The van der Waals surface area contributed by atoms with Crippen LogP contribution in [0.2, 0.25) is 0 Å². The molecule has 0 saturated carbocycles. The van der Waals surface area contributed by atoms with E-state index in [1.54, 1.807) is 24.3 Å². The molecule has 11 heteroatoms. The highest BCUT2D eigenvalue weighted by Gasteiger charge is 2.35. The molecule has 1 aromatic rings. The highest BCUT2D eigenvalue weighted by atomic mass is 32.2. The Balaban J connectivity index is 1.55. The molecule has 2 aliphatic heterocycles. The summed E-state index contributed by atoms with van der Waals surface area (Å²) in [6, 6.07) is 6.69. The van der Waals surface area contributed by atoms with Crippen LogP contribution < -0.4 is 10.6 Å². The maximum atomic E-state index is 12.1. The first-order chi connectivity index (χ1) is 13.5. The lowest BCUT2D eigenvalue weighted by molar-refractivity contribution is -0.118. The van der Waals surface area contributed by atoms with Crippen LogP contribution in [0.5, 0.6) is 0 Å². The van der Waals surface area contributed by atoms with E-state index in [1.807, 2.05) is 0 Å². The van der Waals surface area contributed by atoms with Crippen molar-refractivity contribution in [1.82, 2.24) is 5.01 Å². The van der Waals surface area contributed by atoms with Crippen LogP contribution in [0.25, 0.3) is 0 Å². The number of hydrogen-bond acceptors (Lipinski definition) is 8. The fourth-order valence-corrected chi connectivity index (χ4v) is 3.17. The lowest BCUT2D eigenvalue weighted by Crippen LogP contribution is -2.35. The van der Waals surface area contributed by atoms with Crippen molar-refractivity contribution in [3.8, 4) is 0 Å². The van der Waals surface area contributed by atoms with Gasteiger partial charge in [0.15, 0.2) is 5.17 Å². The Labute approximate surface area is 164 Å². The van der Waals surface area contributed by atoms with E-state index in [0.717, 1.165) is 11.8 Å². The molecule has 0 fully saturated rings. The predicted octanol–water partition coefficient (Wildman–Crippen LogP) is 0.521. The predicted molar refractivity (Wildman–Crippen MR) is 107 cm³/mol. The van der Waals surface area contributed by atoms with Crippen molar-refractivity contribution in [2.24, 2.45) is 21.0 Å². The molecular formula is C17H18N6O4S. The van der Waals surface area contributed by atoms with Crippen LogP contribution in [0.1, 0.15) is 6.92 Å². The van der Waals surface area contributed by atoms with Gasteiger partial charge in [-0.15, -0.1) is 0 Å². The van der Waals surface area contributed by atoms with Gasteiger partial charge in [0.25, 0.3) is 5.91 Å². The maximum absolute atomic E-state index is 12.1. The Morgan fingerprint density at radius 2 is 1.86 bits per heavy atom. The summed E-state index contributed by atoms with van der Waals surface area (Å²) in [5.41, 5.74) is 1.21. The summed E-state index contributed by atoms with van der Waals surface area (Å²) < 4.78 is 0. The van der Waals surface area contributed by atoms with E-state index >= 15 is 0 Å². The number of benzene rings is 1. The smallest absolute Gasteiger partial charge is 0.264 e. The summed E-state index contributed by atoms with van der Waals surface area (Å²) in [7, 11) is 0. The summed E-state index contributed by atoms with van der Waals surface area (Å²) in [4.78, 5) is 43.4. The number of anilines is 2. The number of hydrogen-bond donors (Lipinski definition) is 3. The number of β-amino-alcohol motifs (C(OH)–C–C–N with tert-alkyl or cyclic N) is 1. The van der Waals surface area contributed by atoms with E-state index in [0.29, 0.717) is 17.2 Å². The number of thioether (sulfide) groups is 1. The molecule has 2 aliphatic rings. The average Bonchev–Trinajstić information content (AvgIpc) is 3.05. The van der Waals surface area contributed by atoms with Crippen molar-refractivity contribution in [3.63, 3.8) is 0 Å². The van der Waals surface area contributed by atoms with Gasteiger partial charge in [0.05, 0.1) is 18.9 Å². The fourth-order valence-electron chi connectivity index (χ4n) is 2.52. The number of carbonyl (C=O) groups excluding carboxylic acids is 3. The van der Waals surface area contributed by atoms with Crippen molar-refractivity contribution < 1.29 is 19.5 Å².